The van der Waals surface area contributed by atoms with E-state index in [4.69, 9.17) is 0 Å². The highest BCUT2D eigenvalue weighted by Crippen LogP contribution is 2.23. The van der Waals surface area contributed by atoms with E-state index >= 15 is 0 Å². The Morgan fingerprint density at radius 2 is 2.35 bits per heavy atom. The van der Waals surface area contributed by atoms with Crippen LogP contribution in [0.2, 0.25) is 0 Å². The van der Waals surface area contributed by atoms with Gasteiger partial charge in [-0.1, -0.05) is 6.07 Å². The van der Waals surface area contributed by atoms with Gasteiger partial charge in [0.25, 0.3) is 5.69 Å². The summed E-state index contributed by atoms with van der Waals surface area (Å²) in [6, 6.07) is 6.49. The zero-order valence-corrected chi connectivity index (χ0v) is 9.98. The maximum atomic E-state index is 10.6. The summed E-state index contributed by atoms with van der Waals surface area (Å²) in [5.41, 5.74) is 0.809. The molecule has 1 aromatic carbocycles. The Morgan fingerprint density at radius 3 is 3.00 bits per heavy atom. The lowest BCUT2D eigenvalue weighted by molar-refractivity contribution is -0.384. The Morgan fingerprint density at radius 1 is 1.53 bits per heavy atom. The molecule has 0 aliphatic carbocycles. The average molecular weight is 249 g/mol. The third-order valence-electron chi connectivity index (χ3n) is 2.26. The number of benzene rings is 1. The molecule has 0 saturated carbocycles. The number of anilines is 1. The quantitative estimate of drug-likeness (QED) is 0.667. The molecule has 5 nitrogen and oxygen atoms in total. The molecule has 2 rings (SSSR count). The lowest BCUT2D eigenvalue weighted by Gasteiger charge is -2.12. The first-order valence-corrected chi connectivity index (χ1v) is 5.95. The van der Waals surface area contributed by atoms with Gasteiger partial charge in [-0.05, 0) is 13.0 Å². The number of nitrogens with zero attached hydrogens (tertiary/aromatic N) is 2. The van der Waals surface area contributed by atoms with Crippen LogP contribution in [0, 0.1) is 10.1 Å². The summed E-state index contributed by atoms with van der Waals surface area (Å²) in [6.07, 6.45) is 1.74. The summed E-state index contributed by atoms with van der Waals surface area (Å²) in [4.78, 5) is 14.4. The van der Waals surface area contributed by atoms with Gasteiger partial charge >= 0.3 is 0 Å². The Balaban J connectivity index is 2.13. The Kier molecular flexibility index (Phi) is 3.34. The molecule has 1 N–H and O–H groups in total. The summed E-state index contributed by atoms with van der Waals surface area (Å²) in [7, 11) is 0. The van der Waals surface area contributed by atoms with Crippen molar-refractivity contribution in [3.8, 4) is 0 Å². The van der Waals surface area contributed by atoms with Crippen molar-refractivity contribution < 1.29 is 4.92 Å². The van der Waals surface area contributed by atoms with Gasteiger partial charge in [-0.25, -0.2) is 4.98 Å². The number of nitro benzene ring substituents is 1. The number of hydrogen-bond acceptors (Lipinski definition) is 5. The van der Waals surface area contributed by atoms with E-state index in [2.05, 4.69) is 10.3 Å². The van der Waals surface area contributed by atoms with E-state index in [1.54, 1.807) is 29.7 Å². The second-order valence-corrected chi connectivity index (χ2v) is 4.47. The molecule has 1 aromatic heterocycles. The van der Waals surface area contributed by atoms with E-state index in [-0.39, 0.29) is 11.7 Å². The summed E-state index contributed by atoms with van der Waals surface area (Å²) >= 11 is 1.55. The minimum atomic E-state index is -0.404. The highest BCUT2D eigenvalue weighted by Gasteiger charge is 2.10. The first-order chi connectivity index (χ1) is 8.16. The number of rotatable bonds is 4. The number of non-ortho nitro benzene ring substituents is 1. The van der Waals surface area contributed by atoms with Crippen LogP contribution < -0.4 is 5.32 Å². The largest absolute Gasteiger partial charge is 0.376 e. The van der Waals surface area contributed by atoms with Crippen molar-refractivity contribution in [1.82, 2.24) is 4.98 Å². The number of hydrogen-bond donors (Lipinski definition) is 1. The molecule has 1 heterocycles. The van der Waals surface area contributed by atoms with Crippen molar-refractivity contribution >= 4 is 22.7 Å². The summed E-state index contributed by atoms with van der Waals surface area (Å²) in [5.74, 6) is 0. The van der Waals surface area contributed by atoms with Crippen molar-refractivity contribution in [2.75, 3.05) is 5.32 Å². The third kappa shape index (κ3) is 2.79. The van der Waals surface area contributed by atoms with Gasteiger partial charge in [0, 0.05) is 29.4 Å². The van der Waals surface area contributed by atoms with Gasteiger partial charge < -0.3 is 5.32 Å². The van der Waals surface area contributed by atoms with Crippen molar-refractivity contribution in [1.29, 1.82) is 0 Å². The van der Waals surface area contributed by atoms with Crippen LogP contribution in [0.1, 0.15) is 18.0 Å². The third-order valence-corrected chi connectivity index (χ3v) is 3.22. The SMILES string of the molecule is CC(Nc1cccc([N+](=O)[O-])c1)c1nccs1. The normalized spacial score (nSPS) is 12.1. The van der Waals surface area contributed by atoms with Crippen molar-refractivity contribution in [2.45, 2.75) is 13.0 Å². The van der Waals surface area contributed by atoms with E-state index in [0.29, 0.717) is 0 Å². The fourth-order valence-electron chi connectivity index (χ4n) is 1.47. The number of thiazole rings is 1. The summed E-state index contributed by atoms with van der Waals surface area (Å²) in [5, 5.41) is 16.7. The van der Waals surface area contributed by atoms with Gasteiger partial charge in [0.1, 0.15) is 5.01 Å². The first-order valence-electron chi connectivity index (χ1n) is 5.07. The standard InChI is InChI=1S/C11H11N3O2S/c1-8(11-12-5-6-17-11)13-9-3-2-4-10(7-9)14(15)16/h2-8,13H,1H3. The molecule has 0 aliphatic rings. The Bertz CT molecular complexity index is 513. The molecule has 0 radical (unpaired) electrons. The molecule has 0 amide bonds. The Hall–Kier alpha value is -1.95. The lowest BCUT2D eigenvalue weighted by atomic mass is 10.2. The second kappa shape index (κ2) is 4.92. The number of nitro groups is 1. The van der Waals surface area contributed by atoms with Crippen LogP contribution in [-0.4, -0.2) is 9.91 Å². The first kappa shape index (κ1) is 11.5. The van der Waals surface area contributed by atoms with Gasteiger partial charge in [0.15, 0.2) is 0 Å². The molecule has 2 aromatic rings. The molecule has 1 atom stereocenters. The van der Waals surface area contributed by atoms with Gasteiger partial charge in [-0.3, -0.25) is 10.1 Å². The average Bonchev–Trinajstić information content (AvgIpc) is 2.82. The van der Waals surface area contributed by atoms with E-state index in [0.717, 1.165) is 10.7 Å². The van der Waals surface area contributed by atoms with E-state index in [1.165, 1.54) is 12.1 Å². The Labute approximate surface area is 102 Å². The van der Waals surface area contributed by atoms with Crippen molar-refractivity contribution in [3.63, 3.8) is 0 Å². The van der Waals surface area contributed by atoms with Crippen LogP contribution in [0.3, 0.4) is 0 Å². The molecule has 0 bridgehead atoms. The lowest BCUT2D eigenvalue weighted by Crippen LogP contribution is -2.06. The van der Waals surface area contributed by atoms with Crippen molar-refractivity contribution in [2.24, 2.45) is 0 Å². The molecule has 88 valence electrons. The minimum absolute atomic E-state index is 0.0389. The fourth-order valence-corrected chi connectivity index (χ4v) is 2.12. The van der Waals surface area contributed by atoms with E-state index in [1.807, 2.05) is 12.3 Å². The maximum Gasteiger partial charge on any atom is 0.271 e. The van der Waals surface area contributed by atoms with Gasteiger partial charge in [0.2, 0.25) is 0 Å². The van der Waals surface area contributed by atoms with Gasteiger partial charge in [-0.15, -0.1) is 11.3 Å². The number of aromatic nitrogens is 1. The predicted octanol–water partition coefficient (Wildman–Crippen LogP) is 3.22. The molecular weight excluding hydrogens is 238 g/mol. The van der Waals surface area contributed by atoms with Crippen LogP contribution in [0.5, 0.6) is 0 Å². The van der Waals surface area contributed by atoms with Crippen LogP contribution in [-0.2, 0) is 0 Å². The molecule has 0 aliphatic heterocycles. The highest BCUT2D eigenvalue weighted by atomic mass is 32.1. The molecule has 6 heteroatoms. The second-order valence-electron chi connectivity index (χ2n) is 3.54. The molecule has 1 unspecified atom stereocenters. The van der Waals surface area contributed by atoms with Gasteiger partial charge in [-0.2, -0.15) is 0 Å². The topological polar surface area (TPSA) is 68.1 Å². The zero-order chi connectivity index (χ0) is 12.3. The van der Waals surface area contributed by atoms with Crippen LogP contribution >= 0.6 is 11.3 Å². The molecule has 0 saturated heterocycles. The van der Waals surface area contributed by atoms with Crippen molar-refractivity contribution in [3.05, 3.63) is 51.0 Å². The minimum Gasteiger partial charge on any atom is -0.376 e. The summed E-state index contributed by atoms with van der Waals surface area (Å²) in [6.45, 7) is 1.97. The van der Waals surface area contributed by atoms with Crippen LogP contribution in [0.15, 0.2) is 35.8 Å². The number of nitrogens with one attached hydrogen (secondary N) is 1. The molecule has 17 heavy (non-hydrogen) atoms. The fraction of sp³-hybridized carbons (Fsp3) is 0.182. The zero-order valence-electron chi connectivity index (χ0n) is 9.16. The highest BCUT2D eigenvalue weighted by molar-refractivity contribution is 7.09. The van der Waals surface area contributed by atoms with Crippen LogP contribution in [0.25, 0.3) is 0 Å². The maximum absolute atomic E-state index is 10.6. The molecule has 0 fully saturated rings. The van der Waals surface area contributed by atoms with E-state index in [9.17, 15) is 10.1 Å². The smallest absolute Gasteiger partial charge is 0.271 e. The van der Waals surface area contributed by atoms with Crippen LogP contribution in [0.4, 0.5) is 11.4 Å². The monoisotopic (exact) mass is 249 g/mol. The predicted molar refractivity (Wildman–Crippen MR) is 67.2 cm³/mol. The molecular formula is C11H11N3O2S. The van der Waals surface area contributed by atoms with Gasteiger partial charge in [0.05, 0.1) is 11.0 Å². The summed E-state index contributed by atoms with van der Waals surface area (Å²) < 4.78 is 0. The molecule has 0 spiro atoms. The van der Waals surface area contributed by atoms with E-state index < -0.39 is 4.92 Å².